The van der Waals surface area contributed by atoms with Crippen molar-refractivity contribution in [2.75, 3.05) is 13.1 Å². The zero-order valence-electron chi connectivity index (χ0n) is 9.60. The number of aliphatic hydroxyl groups is 1. The summed E-state index contributed by atoms with van der Waals surface area (Å²) in [5.41, 5.74) is 0.832. The van der Waals surface area contributed by atoms with Gasteiger partial charge in [-0.25, -0.2) is 0 Å². The Bertz CT molecular complexity index is 444. The van der Waals surface area contributed by atoms with E-state index in [-0.39, 0.29) is 5.91 Å². The van der Waals surface area contributed by atoms with Gasteiger partial charge >= 0.3 is 0 Å². The first-order chi connectivity index (χ1) is 8.25. The van der Waals surface area contributed by atoms with Gasteiger partial charge in [-0.15, -0.1) is 0 Å². The first-order valence-electron chi connectivity index (χ1n) is 5.80. The second-order valence-corrected chi connectivity index (χ2v) is 4.16. The summed E-state index contributed by atoms with van der Waals surface area (Å²) < 4.78 is 0. The van der Waals surface area contributed by atoms with E-state index < -0.39 is 6.10 Å². The third kappa shape index (κ3) is 3.33. The molecule has 1 unspecified atom stereocenters. The maximum Gasteiger partial charge on any atom is 0.298 e. The molecule has 3 nitrogen and oxygen atoms in total. The smallest absolute Gasteiger partial charge is 0.298 e. The van der Waals surface area contributed by atoms with E-state index in [2.05, 4.69) is 11.8 Å². The van der Waals surface area contributed by atoms with Crippen LogP contribution in [-0.4, -0.2) is 35.1 Å². The van der Waals surface area contributed by atoms with E-state index in [4.69, 9.17) is 0 Å². The van der Waals surface area contributed by atoms with Gasteiger partial charge in [0, 0.05) is 24.6 Å². The van der Waals surface area contributed by atoms with Crippen molar-refractivity contribution in [3.8, 4) is 11.8 Å². The fourth-order valence-corrected chi connectivity index (χ4v) is 1.87. The van der Waals surface area contributed by atoms with Crippen LogP contribution < -0.4 is 0 Å². The molecule has 0 radical (unpaired) electrons. The van der Waals surface area contributed by atoms with Crippen LogP contribution in [0.15, 0.2) is 30.3 Å². The third-order valence-corrected chi connectivity index (χ3v) is 2.77. The van der Waals surface area contributed by atoms with Crippen molar-refractivity contribution in [3.05, 3.63) is 35.9 Å². The molecule has 1 aromatic rings. The molecule has 1 amide bonds. The van der Waals surface area contributed by atoms with Crippen LogP contribution in [0.25, 0.3) is 0 Å². The molecule has 3 heteroatoms. The van der Waals surface area contributed by atoms with Crippen LogP contribution in [0.2, 0.25) is 0 Å². The molecule has 0 aromatic heterocycles. The quantitative estimate of drug-likeness (QED) is 0.675. The molecule has 0 spiro atoms. The molecule has 1 fully saturated rings. The number of amides is 1. The molecule has 1 heterocycles. The average Bonchev–Trinajstić information content (AvgIpc) is 2.37. The van der Waals surface area contributed by atoms with Gasteiger partial charge in [0.25, 0.3) is 5.91 Å². The number of carbonyl (C=O) groups excluding carboxylic acids is 1. The number of rotatable bonds is 0. The molecular formula is C14H15NO2. The van der Waals surface area contributed by atoms with E-state index in [1.165, 1.54) is 0 Å². The Kier molecular flexibility index (Phi) is 3.79. The highest BCUT2D eigenvalue weighted by Gasteiger charge is 2.20. The summed E-state index contributed by atoms with van der Waals surface area (Å²) in [6.07, 6.45) is 1.22. The summed E-state index contributed by atoms with van der Waals surface area (Å²) in [7, 11) is 0. The number of benzene rings is 1. The molecule has 88 valence electrons. The highest BCUT2D eigenvalue weighted by Crippen LogP contribution is 2.09. The van der Waals surface area contributed by atoms with Gasteiger partial charge in [0.15, 0.2) is 0 Å². The highest BCUT2D eigenvalue weighted by molar-refractivity contribution is 5.94. The number of carbonyl (C=O) groups is 1. The Morgan fingerprint density at radius 1 is 1.35 bits per heavy atom. The first kappa shape index (κ1) is 11.7. The maximum atomic E-state index is 11.8. The lowest BCUT2D eigenvalue weighted by atomic mass is 10.1. The number of hydrogen-bond acceptors (Lipinski definition) is 2. The molecule has 2 rings (SSSR count). The van der Waals surface area contributed by atoms with Crippen LogP contribution in [-0.2, 0) is 4.79 Å². The normalized spacial score (nSPS) is 19.4. The Morgan fingerprint density at radius 2 is 2.12 bits per heavy atom. The SMILES string of the molecule is O=C(C#Cc1ccccc1)N1CCCC(O)C1. The molecular weight excluding hydrogens is 214 g/mol. The van der Waals surface area contributed by atoms with Gasteiger partial charge in [-0.3, -0.25) is 4.79 Å². The van der Waals surface area contributed by atoms with Gasteiger partial charge in [-0.2, -0.15) is 0 Å². The largest absolute Gasteiger partial charge is 0.391 e. The number of aliphatic hydroxyl groups excluding tert-OH is 1. The van der Waals surface area contributed by atoms with Crippen LogP contribution in [0.4, 0.5) is 0 Å². The zero-order valence-corrected chi connectivity index (χ0v) is 9.60. The first-order valence-corrected chi connectivity index (χ1v) is 5.80. The second-order valence-electron chi connectivity index (χ2n) is 4.16. The van der Waals surface area contributed by atoms with Gasteiger partial charge in [0.2, 0.25) is 0 Å². The van der Waals surface area contributed by atoms with Gasteiger partial charge in [0.1, 0.15) is 0 Å². The summed E-state index contributed by atoms with van der Waals surface area (Å²) in [5, 5.41) is 9.47. The summed E-state index contributed by atoms with van der Waals surface area (Å²) in [6, 6.07) is 9.42. The molecule has 1 atom stereocenters. The van der Waals surface area contributed by atoms with Crippen molar-refractivity contribution in [1.29, 1.82) is 0 Å². The standard InChI is InChI=1S/C14H15NO2/c16-13-7-4-10-15(11-13)14(17)9-8-12-5-2-1-3-6-12/h1-3,5-6,13,16H,4,7,10-11H2. The second kappa shape index (κ2) is 5.51. The van der Waals surface area contributed by atoms with Crippen LogP contribution in [0.5, 0.6) is 0 Å². The fourth-order valence-electron chi connectivity index (χ4n) is 1.87. The summed E-state index contributed by atoms with van der Waals surface area (Å²) in [5.74, 6) is 5.25. The van der Waals surface area contributed by atoms with Crippen molar-refractivity contribution >= 4 is 5.91 Å². The molecule has 0 saturated carbocycles. The van der Waals surface area contributed by atoms with Gasteiger partial charge < -0.3 is 10.0 Å². The number of hydrogen-bond donors (Lipinski definition) is 1. The Balaban J connectivity index is 2.00. The van der Waals surface area contributed by atoms with Crippen molar-refractivity contribution in [2.24, 2.45) is 0 Å². The summed E-state index contributed by atoms with van der Waals surface area (Å²) in [6.45, 7) is 1.10. The number of piperidine rings is 1. The summed E-state index contributed by atoms with van der Waals surface area (Å²) in [4.78, 5) is 13.4. The minimum atomic E-state index is -0.397. The molecule has 0 bridgehead atoms. The number of likely N-dealkylation sites (tertiary alicyclic amines) is 1. The van der Waals surface area contributed by atoms with Gasteiger partial charge in [-0.1, -0.05) is 24.1 Å². The molecule has 1 aliphatic heterocycles. The number of nitrogens with zero attached hydrogens (tertiary/aromatic N) is 1. The minimum Gasteiger partial charge on any atom is -0.391 e. The van der Waals surface area contributed by atoms with Crippen LogP contribution in [0.3, 0.4) is 0 Å². The van der Waals surface area contributed by atoms with E-state index in [9.17, 15) is 9.90 Å². The maximum absolute atomic E-state index is 11.8. The van der Waals surface area contributed by atoms with Crippen molar-refractivity contribution in [3.63, 3.8) is 0 Å². The minimum absolute atomic E-state index is 0.201. The molecule has 1 aromatic carbocycles. The van der Waals surface area contributed by atoms with Gasteiger partial charge in [-0.05, 0) is 25.0 Å². The lowest BCUT2D eigenvalue weighted by molar-refractivity contribution is -0.128. The number of β-amino-alcohol motifs (C(OH)–C–C–N with tert-alkyl or cyclic N) is 1. The fraction of sp³-hybridized carbons (Fsp3) is 0.357. The van der Waals surface area contributed by atoms with Crippen LogP contribution in [0, 0.1) is 11.8 Å². The van der Waals surface area contributed by atoms with E-state index in [1.807, 2.05) is 30.3 Å². The highest BCUT2D eigenvalue weighted by atomic mass is 16.3. The van der Waals surface area contributed by atoms with E-state index in [0.29, 0.717) is 13.1 Å². The summed E-state index contributed by atoms with van der Waals surface area (Å²) >= 11 is 0. The van der Waals surface area contributed by atoms with E-state index in [1.54, 1.807) is 4.90 Å². The molecule has 1 saturated heterocycles. The zero-order chi connectivity index (χ0) is 12.1. The molecule has 1 aliphatic rings. The Labute approximate surface area is 101 Å². The lowest BCUT2D eigenvalue weighted by Gasteiger charge is -2.28. The monoisotopic (exact) mass is 229 g/mol. The van der Waals surface area contributed by atoms with E-state index in [0.717, 1.165) is 18.4 Å². The van der Waals surface area contributed by atoms with E-state index >= 15 is 0 Å². The third-order valence-electron chi connectivity index (χ3n) is 2.77. The Hall–Kier alpha value is -1.79. The average molecular weight is 229 g/mol. The molecule has 0 aliphatic carbocycles. The topological polar surface area (TPSA) is 40.5 Å². The van der Waals surface area contributed by atoms with Crippen molar-refractivity contribution in [2.45, 2.75) is 18.9 Å². The predicted molar refractivity (Wildman–Crippen MR) is 65.1 cm³/mol. The van der Waals surface area contributed by atoms with Gasteiger partial charge in [0.05, 0.1) is 6.10 Å². The molecule has 17 heavy (non-hydrogen) atoms. The molecule has 1 N–H and O–H groups in total. The Morgan fingerprint density at radius 3 is 2.82 bits per heavy atom. The van der Waals surface area contributed by atoms with Crippen LogP contribution >= 0.6 is 0 Å². The lowest BCUT2D eigenvalue weighted by Crippen LogP contribution is -2.41. The predicted octanol–water partition coefficient (Wildman–Crippen LogP) is 1.02. The van der Waals surface area contributed by atoms with Crippen molar-refractivity contribution in [1.82, 2.24) is 4.90 Å². The van der Waals surface area contributed by atoms with Crippen molar-refractivity contribution < 1.29 is 9.90 Å². The van der Waals surface area contributed by atoms with Crippen LogP contribution in [0.1, 0.15) is 18.4 Å².